The van der Waals surface area contributed by atoms with Crippen LogP contribution in [0.15, 0.2) is 48.5 Å². The molecule has 6 heteroatoms. The monoisotopic (exact) mass is 324 g/mol. The maximum absolute atomic E-state index is 11.6. The first-order valence-electron chi connectivity index (χ1n) is 6.40. The molecule has 0 unspecified atom stereocenters. The van der Waals surface area contributed by atoms with E-state index < -0.39 is 10.2 Å². The molecule has 112 valence electrons. The zero-order chi connectivity index (χ0) is 15.5. The van der Waals surface area contributed by atoms with Crippen LogP contribution in [-0.2, 0) is 16.8 Å². The zero-order valence-electron chi connectivity index (χ0n) is 11.9. The summed E-state index contributed by atoms with van der Waals surface area (Å²) in [5.41, 5.74) is 3.03. The van der Waals surface area contributed by atoms with E-state index in [0.717, 1.165) is 21.0 Å². The van der Waals surface area contributed by atoms with Crippen LogP contribution >= 0.6 is 11.6 Å². The van der Waals surface area contributed by atoms with E-state index in [0.29, 0.717) is 5.02 Å². The summed E-state index contributed by atoms with van der Waals surface area (Å²) in [6.07, 6.45) is 0. The van der Waals surface area contributed by atoms with Crippen molar-refractivity contribution in [2.24, 2.45) is 0 Å². The fraction of sp³-hybridized carbons (Fsp3) is 0.200. The average Bonchev–Trinajstić information content (AvgIpc) is 2.46. The second kappa shape index (κ2) is 6.58. The van der Waals surface area contributed by atoms with Crippen molar-refractivity contribution in [3.63, 3.8) is 0 Å². The Morgan fingerprint density at radius 3 is 1.90 bits per heavy atom. The Hall–Kier alpha value is -1.40. The number of benzene rings is 2. The van der Waals surface area contributed by atoms with Crippen LogP contribution in [-0.4, -0.2) is 26.8 Å². The van der Waals surface area contributed by atoms with Crippen molar-refractivity contribution >= 4 is 21.8 Å². The summed E-state index contributed by atoms with van der Waals surface area (Å²) in [6, 6.07) is 15.3. The molecule has 0 aliphatic carbocycles. The molecule has 4 nitrogen and oxygen atoms in total. The predicted octanol–water partition coefficient (Wildman–Crippen LogP) is 2.90. The minimum Gasteiger partial charge on any atom is -0.198 e. The van der Waals surface area contributed by atoms with E-state index in [1.807, 2.05) is 48.5 Å². The summed E-state index contributed by atoms with van der Waals surface area (Å²) in [5.74, 6) is 0. The van der Waals surface area contributed by atoms with Crippen LogP contribution in [0.3, 0.4) is 0 Å². The molecule has 0 saturated carbocycles. The summed E-state index contributed by atoms with van der Waals surface area (Å²) in [5, 5.41) is 0.702. The van der Waals surface area contributed by atoms with Crippen molar-refractivity contribution < 1.29 is 8.42 Å². The van der Waals surface area contributed by atoms with Crippen LogP contribution in [0.1, 0.15) is 5.56 Å². The smallest absolute Gasteiger partial charge is 0.198 e. The topological polar surface area (TPSA) is 49.4 Å². The predicted molar refractivity (Wildman–Crippen MR) is 86.3 cm³/mol. The third-order valence-corrected chi connectivity index (χ3v) is 4.79. The van der Waals surface area contributed by atoms with Gasteiger partial charge >= 0.3 is 0 Å². The second-order valence-electron chi connectivity index (χ2n) is 4.81. The summed E-state index contributed by atoms with van der Waals surface area (Å²) in [7, 11) is -0.411. The maximum atomic E-state index is 11.6. The molecule has 0 saturated heterocycles. The molecule has 0 radical (unpaired) electrons. The van der Waals surface area contributed by atoms with Crippen LogP contribution in [0.2, 0.25) is 5.02 Å². The van der Waals surface area contributed by atoms with Crippen LogP contribution in [0, 0.1) is 0 Å². The van der Waals surface area contributed by atoms with Crippen molar-refractivity contribution in [3.05, 3.63) is 59.1 Å². The largest absolute Gasteiger partial charge is 0.279 e. The Balaban J connectivity index is 2.07. The molecule has 2 aromatic rings. The van der Waals surface area contributed by atoms with Crippen molar-refractivity contribution in [1.82, 2.24) is 9.03 Å². The van der Waals surface area contributed by atoms with E-state index in [1.54, 1.807) is 0 Å². The van der Waals surface area contributed by atoms with Gasteiger partial charge in [-0.3, -0.25) is 0 Å². The number of halogens is 1. The van der Waals surface area contributed by atoms with E-state index in [9.17, 15) is 8.42 Å². The van der Waals surface area contributed by atoms with Gasteiger partial charge in [-0.1, -0.05) is 48.0 Å². The molecule has 0 bridgehead atoms. The van der Waals surface area contributed by atoms with Gasteiger partial charge in [0, 0.05) is 25.7 Å². The molecule has 0 fully saturated rings. The highest BCUT2D eigenvalue weighted by molar-refractivity contribution is 7.87. The first kappa shape index (κ1) is 16.0. The lowest BCUT2D eigenvalue weighted by molar-refractivity contribution is 0.505. The van der Waals surface area contributed by atoms with E-state index >= 15 is 0 Å². The van der Waals surface area contributed by atoms with Crippen molar-refractivity contribution in [2.75, 3.05) is 14.1 Å². The summed E-state index contributed by atoms with van der Waals surface area (Å²) >= 11 is 5.86. The van der Waals surface area contributed by atoms with Crippen molar-refractivity contribution in [2.45, 2.75) is 6.54 Å². The van der Waals surface area contributed by atoms with Gasteiger partial charge in [0.25, 0.3) is 10.2 Å². The zero-order valence-corrected chi connectivity index (χ0v) is 13.4. The van der Waals surface area contributed by atoms with Gasteiger partial charge in [0.2, 0.25) is 0 Å². The number of hydrogen-bond acceptors (Lipinski definition) is 2. The highest BCUT2D eigenvalue weighted by Gasteiger charge is 2.11. The molecule has 21 heavy (non-hydrogen) atoms. The molecule has 0 aromatic heterocycles. The Labute approximate surface area is 130 Å². The van der Waals surface area contributed by atoms with E-state index in [4.69, 9.17) is 11.6 Å². The summed E-state index contributed by atoms with van der Waals surface area (Å²) in [4.78, 5) is 0. The van der Waals surface area contributed by atoms with E-state index in [-0.39, 0.29) is 6.54 Å². The van der Waals surface area contributed by atoms with E-state index in [1.165, 1.54) is 14.1 Å². The van der Waals surface area contributed by atoms with Gasteiger partial charge in [0.1, 0.15) is 0 Å². The Morgan fingerprint density at radius 1 is 0.952 bits per heavy atom. The number of nitrogens with one attached hydrogen (secondary N) is 1. The number of nitrogens with zero attached hydrogens (tertiary/aromatic N) is 1. The molecule has 1 N–H and O–H groups in total. The number of rotatable bonds is 5. The summed E-state index contributed by atoms with van der Waals surface area (Å²) < 4.78 is 26.9. The molecule has 0 heterocycles. The quantitative estimate of drug-likeness (QED) is 0.919. The molecule has 0 aliphatic heterocycles. The minimum atomic E-state index is -3.39. The molecular formula is C15H17ClN2O2S. The standard InChI is InChI=1S/C15H17ClN2O2S/c1-18(2)21(19,20)17-11-12-3-5-13(6-4-12)14-7-9-15(16)10-8-14/h3-10,17H,11H2,1-2H3. The normalized spacial score (nSPS) is 11.8. The van der Waals surface area contributed by atoms with Gasteiger partial charge in [-0.25, -0.2) is 0 Å². The van der Waals surface area contributed by atoms with Gasteiger partial charge in [0.15, 0.2) is 0 Å². The fourth-order valence-corrected chi connectivity index (χ4v) is 2.49. The van der Waals surface area contributed by atoms with Gasteiger partial charge in [-0.2, -0.15) is 17.4 Å². The number of hydrogen-bond donors (Lipinski definition) is 1. The average molecular weight is 325 g/mol. The van der Waals surface area contributed by atoms with E-state index in [2.05, 4.69) is 4.72 Å². The van der Waals surface area contributed by atoms with Gasteiger partial charge in [-0.15, -0.1) is 0 Å². The molecule has 0 atom stereocenters. The maximum Gasteiger partial charge on any atom is 0.279 e. The SMILES string of the molecule is CN(C)S(=O)(=O)NCc1ccc(-c2ccc(Cl)cc2)cc1. The van der Waals surface area contributed by atoms with Crippen molar-refractivity contribution in [3.8, 4) is 11.1 Å². The van der Waals surface area contributed by atoms with Gasteiger partial charge in [0.05, 0.1) is 0 Å². The minimum absolute atomic E-state index is 0.265. The van der Waals surface area contributed by atoms with Crippen molar-refractivity contribution in [1.29, 1.82) is 0 Å². The molecular weight excluding hydrogens is 308 g/mol. The lowest BCUT2D eigenvalue weighted by atomic mass is 10.0. The Kier molecular flexibility index (Phi) is 5.00. The lowest BCUT2D eigenvalue weighted by Crippen LogP contribution is -2.35. The Morgan fingerprint density at radius 2 is 1.43 bits per heavy atom. The second-order valence-corrected chi connectivity index (χ2v) is 7.22. The third-order valence-electron chi connectivity index (χ3n) is 3.07. The molecule has 2 rings (SSSR count). The fourth-order valence-electron chi connectivity index (χ4n) is 1.76. The van der Waals surface area contributed by atoms with Gasteiger partial charge in [-0.05, 0) is 28.8 Å². The van der Waals surface area contributed by atoms with Crippen LogP contribution < -0.4 is 4.72 Å². The highest BCUT2D eigenvalue weighted by atomic mass is 35.5. The van der Waals surface area contributed by atoms with Crippen LogP contribution in [0.4, 0.5) is 0 Å². The highest BCUT2D eigenvalue weighted by Crippen LogP contribution is 2.21. The summed E-state index contributed by atoms with van der Waals surface area (Å²) in [6.45, 7) is 0.265. The lowest BCUT2D eigenvalue weighted by Gasteiger charge is -2.12. The molecule has 0 amide bonds. The molecule has 0 spiro atoms. The van der Waals surface area contributed by atoms with Gasteiger partial charge < -0.3 is 0 Å². The first-order chi connectivity index (χ1) is 9.88. The van der Waals surface area contributed by atoms with Crippen LogP contribution in [0.5, 0.6) is 0 Å². The third kappa shape index (κ3) is 4.28. The molecule has 0 aliphatic rings. The Bertz CT molecular complexity index is 695. The first-order valence-corrected chi connectivity index (χ1v) is 8.22. The molecule has 2 aromatic carbocycles. The van der Waals surface area contributed by atoms with Crippen LogP contribution in [0.25, 0.3) is 11.1 Å².